The van der Waals surface area contributed by atoms with Gasteiger partial charge >= 0.3 is 5.97 Å². The summed E-state index contributed by atoms with van der Waals surface area (Å²) in [6.07, 6.45) is 0. The van der Waals surface area contributed by atoms with Crippen LogP contribution in [-0.4, -0.2) is 54.7 Å². The van der Waals surface area contributed by atoms with Crippen molar-refractivity contribution in [2.24, 2.45) is 15.3 Å². The highest BCUT2D eigenvalue weighted by Crippen LogP contribution is 2.25. The summed E-state index contributed by atoms with van der Waals surface area (Å²) in [5, 5.41) is 21.1. The monoisotopic (exact) mass is 468 g/mol. The minimum atomic E-state index is -4.46. The molecule has 162 valence electrons. The number of nitrogens with zero attached hydrogens (tertiary/aromatic N) is 4. The molecule has 1 aliphatic rings. The van der Waals surface area contributed by atoms with Gasteiger partial charge in [-0.1, -0.05) is 0 Å². The summed E-state index contributed by atoms with van der Waals surface area (Å²) in [7, 11) is -8.88. The Morgan fingerprint density at radius 2 is 1.39 bits per heavy atom. The van der Waals surface area contributed by atoms with E-state index in [9.17, 15) is 31.5 Å². The molecule has 0 radical (unpaired) electrons. The maximum atomic E-state index is 12.6. The van der Waals surface area contributed by atoms with Crippen molar-refractivity contribution in [1.82, 2.24) is 0 Å². The zero-order valence-corrected chi connectivity index (χ0v) is 16.7. The molecule has 0 fully saturated rings. The van der Waals surface area contributed by atoms with Crippen LogP contribution in [0.25, 0.3) is 0 Å². The van der Waals surface area contributed by atoms with Gasteiger partial charge in [0.2, 0.25) is 6.04 Å². The molecule has 15 heteroatoms. The molecule has 1 atom stereocenters. The Hall–Kier alpha value is -3.53. The van der Waals surface area contributed by atoms with Gasteiger partial charge in [-0.25, -0.2) is 4.79 Å². The molecule has 1 heterocycles. The van der Waals surface area contributed by atoms with Crippen molar-refractivity contribution >= 4 is 49.2 Å². The molecule has 0 bridgehead atoms. The number of amides is 1. The lowest BCUT2D eigenvalue weighted by atomic mass is 10.2. The molecule has 2 aromatic carbocycles. The Morgan fingerprint density at radius 3 is 1.84 bits per heavy atom. The van der Waals surface area contributed by atoms with Crippen LogP contribution in [0.15, 0.2) is 73.7 Å². The first-order chi connectivity index (χ1) is 14.4. The fourth-order valence-corrected chi connectivity index (χ4v) is 3.42. The number of carbonyl (C=O) groups is 2. The lowest BCUT2D eigenvalue weighted by Crippen LogP contribution is -2.33. The molecule has 0 saturated carbocycles. The Balaban J connectivity index is 1.88. The first-order valence-corrected chi connectivity index (χ1v) is 11.0. The van der Waals surface area contributed by atoms with Crippen LogP contribution in [0.3, 0.4) is 0 Å². The normalized spacial score (nSPS) is 17.2. The molecule has 1 amide bonds. The Kier molecular flexibility index (Phi) is 5.68. The minimum absolute atomic E-state index is 0.0198. The van der Waals surface area contributed by atoms with E-state index in [4.69, 9.17) is 9.11 Å². The zero-order valence-electron chi connectivity index (χ0n) is 15.1. The number of hydrogen-bond acceptors (Lipinski definition) is 9. The summed E-state index contributed by atoms with van der Waals surface area (Å²) in [5.41, 5.74) is -0.561. The molecule has 0 spiro atoms. The number of azo groups is 1. The molecule has 31 heavy (non-hydrogen) atoms. The highest BCUT2D eigenvalue weighted by atomic mass is 32.2. The van der Waals surface area contributed by atoms with Gasteiger partial charge in [0.15, 0.2) is 5.71 Å². The second-order valence-electron chi connectivity index (χ2n) is 6.00. The number of carboxylic acid groups (broad SMARTS) is 1. The van der Waals surface area contributed by atoms with Gasteiger partial charge in [-0.05, 0) is 48.5 Å². The third-order valence-electron chi connectivity index (χ3n) is 3.93. The van der Waals surface area contributed by atoms with Crippen molar-refractivity contribution in [2.75, 3.05) is 5.01 Å². The van der Waals surface area contributed by atoms with Crippen molar-refractivity contribution in [3.8, 4) is 0 Å². The molecular formula is C16H12N4O9S2. The van der Waals surface area contributed by atoms with E-state index in [1.54, 1.807) is 0 Å². The zero-order chi connectivity index (χ0) is 23.0. The molecule has 0 saturated heterocycles. The summed E-state index contributed by atoms with van der Waals surface area (Å²) in [4.78, 5) is 23.3. The Bertz CT molecular complexity index is 1320. The molecule has 0 aromatic heterocycles. The van der Waals surface area contributed by atoms with E-state index in [2.05, 4.69) is 15.3 Å². The number of carbonyl (C=O) groups excluding carboxylic acids is 1. The van der Waals surface area contributed by atoms with Crippen LogP contribution in [-0.2, 0) is 29.8 Å². The van der Waals surface area contributed by atoms with Crippen LogP contribution in [0.1, 0.15) is 0 Å². The smallest absolute Gasteiger partial charge is 0.355 e. The molecule has 3 rings (SSSR count). The van der Waals surface area contributed by atoms with Gasteiger partial charge in [-0.3, -0.25) is 13.9 Å². The highest BCUT2D eigenvalue weighted by molar-refractivity contribution is 7.86. The fraction of sp³-hybridized carbons (Fsp3) is 0.0625. The third-order valence-corrected chi connectivity index (χ3v) is 5.67. The summed E-state index contributed by atoms with van der Waals surface area (Å²) >= 11 is 0. The average Bonchev–Trinajstić information content (AvgIpc) is 3.02. The molecule has 0 aliphatic carbocycles. The summed E-state index contributed by atoms with van der Waals surface area (Å²) in [6, 6.07) is 7.07. The number of hydrogen-bond donors (Lipinski definition) is 3. The van der Waals surface area contributed by atoms with Gasteiger partial charge in [0.05, 0.1) is 21.2 Å². The number of hydrazone groups is 1. The maximum Gasteiger partial charge on any atom is 0.355 e. The van der Waals surface area contributed by atoms with Crippen molar-refractivity contribution in [3.63, 3.8) is 0 Å². The van der Waals surface area contributed by atoms with Crippen molar-refractivity contribution in [1.29, 1.82) is 0 Å². The molecule has 1 unspecified atom stereocenters. The van der Waals surface area contributed by atoms with Crippen LogP contribution in [0, 0.1) is 0 Å². The molecular weight excluding hydrogens is 456 g/mol. The van der Waals surface area contributed by atoms with Gasteiger partial charge in [-0.15, -0.1) is 0 Å². The fourth-order valence-electron chi connectivity index (χ4n) is 2.46. The largest absolute Gasteiger partial charge is 0.477 e. The highest BCUT2D eigenvalue weighted by Gasteiger charge is 2.41. The van der Waals surface area contributed by atoms with Crippen LogP contribution in [0.4, 0.5) is 11.4 Å². The quantitative estimate of drug-likeness (QED) is 0.410. The predicted octanol–water partition coefficient (Wildman–Crippen LogP) is 1.12. The van der Waals surface area contributed by atoms with Gasteiger partial charge in [-0.2, -0.15) is 37.2 Å². The minimum Gasteiger partial charge on any atom is -0.477 e. The molecule has 2 aromatic rings. The summed E-state index contributed by atoms with van der Waals surface area (Å²) < 4.78 is 62.3. The maximum absolute atomic E-state index is 12.6. The van der Waals surface area contributed by atoms with Crippen LogP contribution in [0.5, 0.6) is 0 Å². The third kappa shape index (κ3) is 4.80. The van der Waals surface area contributed by atoms with E-state index < -0.39 is 53.7 Å². The van der Waals surface area contributed by atoms with Crippen LogP contribution >= 0.6 is 0 Å². The molecule has 13 nitrogen and oxygen atoms in total. The lowest BCUT2D eigenvalue weighted by Gasteiger charge is -2.12. The molecule has 3 N–H and O–H groups in total. The van der Waals surface area contributed by atoms with Gasteiger partial charge in [0, 0.05) is 0 Å². The topological polar surface area (TPSA) is 203 Å². The van der Waals surface area contributed by atoms with E-state index in [1.807, 2.05) is 0 Å². The molecule has 1 aliphatic heterocycles. The first-order valence-electron chi connectivity index (χ1n) is 8.09. The van der Waals surface area contributed by atoms with Gasteiger partial charge < -0.3 is 5.11 Å². The lowest BCUT2D eigenvalue weighted by molar-refractivity contribution is -0.130. The average molecular weight is 468 g/mol. The van der Waals surface area contributed by atoms with Crippen molar-refractivity contribution < 1.29 is 40.6 Å². The standard InChI is InChI=1S/C16H12N4O9S2/c21-15-13(18-17-9-1-5-11(6-2-9)30(24,25)26)14(16(22)23)19-20(15)10-3-7-12(8-4-10)31(27,28)29/h1-8,13H,(H,22,23)(H,24,25,26)(H,27,28,29)/b18-17+. The van der Waals surface area contributed by atoms with E-state index >= 15 is 0 Å². The van der Waals surface area contributed by atoms with Crippen LogP contribution in [0.2, 0.25) is 0 Å². The Morgan fingerprint density at radius 1 is 0.903 bits per heavy atom. The van der Waals surface area contributed by atoms with Crippen LogP contribution < -0.4 is 5.01 Å². The van der Waals surface area contributed by atoms with E-state index in [-0.39, 0.29) is 11.4 Å². The number of benzene rings is 2. The number of aliphatic carboxylic acids is 1. The van der Waals surface area contributed by atoms with Gasteiger partial charge in [0.1, 0.15) is 0 Å². The second-order valence-corrected chi connectivity index (χ2v) is 8.84. The van der Waals surface area contributed by atoms with E-state index in [0.29, 0.717) is 5.01 Å². The van der Waals surface area contributed by atoms with E-state index in [1.165, 1.54) is 12.1 Å². The first kappa shape index (κ1) is 22.2. The Labute approximate surface area is 174 Å². The van der Waals surface area contributed by atoms with Crippen molar-refractivity contribution in [2.45, 2.75) is 15.8 Å². The summed E-state index contributed by atoms with van der Waals surface area (Å²) in [6.45, 7) is 0. The number of rotatable bonds is 6. The number of anilines is 1. The van der Waals surface area contributed by atoms with Crippen molar-refractivity contribution in [3.05, 3.63) is 48.5 Å². The SMILES string of the molecule is O=C(O)C1=NN(c2ccc(S(=O)(=O)O)cc2)C(=O)C1/N=N/c1ccc(S(=O)(=O)O)cc1. The second kappa shape index (κ2) is 7.95. The number of carboxylic acids is 1. The van der Waals surface area contributed by atoms with Gasteiger partial charge in [0.25, 0.3) is 26.1 Å². The predicted molar refractivity (Wildman–Crippen MR) is 103 cm³/mol. The van der Waals surface area contributed by atoms with E-state index in [0.717, 1.165) is 36.4 Å². The summed E-state index contributed by atoms with van der Waals surface area (Å²) in [5.74, 6) is -2.44.